The SMILES string of the molecule is Cc1cccc(OCc2ccc(CN3CCn4c(-c5ccccc5)cnc4C3)cc2)c1CN(C=O)C1CCC(=O)NC1=O. The molecule has 3 aromatic carbocycles. The van der Waals surface area contributed by atoms with Crippen molar-refractivity contribution >= 4 is 18.2 Å². The van der Waals surface area contributed by atoms with Crippen LogP contribution in [0, 0.1) is 6.92 Å². The number of imidazole rings is 1. The van der Waals surface area contributed by atoms with E-state index in [1.807, 2.05) is 37.4 Å². The van der Waals surface area contributed by atoms with E-state index in [9.17, 15) is 14.4 Å². The summed E-state index contributed by atoms with van der Waals surface area (Å²) in [6.45, 7) is 6.08. The fourth-order valence-corrected chi connectivity index (χ4v) is 5.86. The minimum Gasteiger partial charge on any atom is -0.489 e. The van der Waals surface area contributed by atoms with Crippen LogP contribution < -0.4 is 10.1 Å². The zero-order valence-corrected chi connectivity index (χ0v) is 24.2. The van der Waals surface area contributed by atoms with E-state index in [0.717, 1.165) is 48.7 Å². The number of carbonyl (C=O) groups is 3. The van der Waals surface area contributed by atoms with Crippen molar-refractivity contribution in [3.63, 3.8) is 0 Å². The van der Waals surface area contributed by atoms with Gasteiger partial charge in [0.25, 0.3) is 0 Å². The summed E-state index contributed by atoms with van der Waals surface area (Å²) >= 11 is 0. The van der Waals surface area contributed by atoms with E-state index in [0.29, 0.717) is 25.2 Å². The molecule has 0 aliphatic carbocycles. The fraction of sp³-hybridized carbons (Fsp3) is 0.294. The second kappa shape index (κ2) is 12.6. The third kappa shape index (κ3) is 6.36. The highest BCUT2D eigenvalue weighted by Crippen LogP contribution is 2.27. The molecule has 9 heteroatoms. The van der Waals surface area contributed by atoms with Gasteiger partial charge in [-0.05, 0) is 41.7 Å². The van der Waals surface area contributed by atoms with Gasteiger partial charge in [-0.1, -0.05) is 66.7 Å². The summed E-state index contributed by atoms with van der Waals surface area (Å²) in [5, 5.41) is 2.33. The highest BCUT2D eigenvalue weighted by atomic mass is 16.5. The van der Waals surface area contributed by atoms with Gasteiger partial charge in [0.15, 0.2) is 0 Å². The van der Waals surface area contributed by atoms with Crippen LogP contribution in [0.15, 0.2) is 79.0 Å². The Morgan fingerprint density at radius 1 is 1.00 bits per heavy atom. The van der Waals surface area contributed by atoms with Gasteiger partial charge in [0, 0.05) is 31.6 Å². The van der Waals surface area contributed by atoms with Crippen molar-refractivity contribution in [1.82, 2.24) is 24.7 Å². The number of ether oxygens (including phenoxy) is 1. The molecular formula is C34H35N5O4. The first-order chi connectivity index (χ1) is 21.0. The number of benzene rings is 3. The lowest BCUT2D eigenvalue weighted by molar-refractivity contribution is -0.141. The number of imide groups is 1. The Labute approximate surface area is 251 Å². The smallest absolute Gasteiger partial charge is 0.249 e. The van der Waals surface area contributed by atoms with Gasteiger partial charge in [-0.2, -0.15) is 0 Å². The van der Waals surface area contributed by atoms with E-state index in [2.05, 4.69) is 63.3 Å². The van der Waals surface area contributed by atoms with Crippen LogP contribution in [-0.4, -0.2) is 50.2 Å². The number of nitrogens with zero attached hydrogens (tertiary/aromatic N) is 4. The Balaban J connectivity index is 1.06. The van der Waals surface area contributed by atoms with Crippen LogP contribution in [0.2, 0.25) is 0 Å². The van der Waals surface area contributed by atoms with Crippen LogP contribution in [0.25, 0.3) is 11.3 Å². The summed E-state index contributed by atoms with van der Waals surface area (Å²) in [6.07, 6.45) is 3.18. The standard InChI is InChI=1S/C34H35N5O4/c1-24-6-5-9-31(28(24)20-38(23-40)29-14-15-33(41)36-34(29)42)43-22-26-12-10-25(11-13-26)19-37-16-17-39-30(18-35-32(39)21-37)27-7-3-2-4-8-27/h2-13,18,23,29H,14-17,19-22H2,1H3,(H,36,41,42). The number of rotatable bonds is 10. The van der Waals surface area contributed by atoms with Crippen molar-refractivity contribution < 1.29 is 19.1 Å². The Morgan fingerprint density at radius 3 is 2.56 bits per heavy atom. The van der Waals surface area contributed by atoms with E-state index in [-0.39, 0.29) is 18.9 Å². The predicted molar refractivity (Wildman–Crippen MR) is 162 cm³/mol. The number of fused-ring (bicyclic) bond motifs is 1. The molecule has 1 unspecified atom stereocenters. The Bertz CT molecular complexity index is 1620. The third-order valence-corrected chi connectivity index (χ3v) is 8.29. The van der Waals surface area contributed by atoms with Gasteiger partial charge in [-0.15, -0.1) is 0 Å². The van der Waals surface area contributed by atoms with Gasteiger partial charge >= 0.3 is 0 Å². The minimum atomic E-state index is -0.680. The van der Waals surface area contributed by atoms with E-state index < -0.39 is 11.9 Å². The number of aryl methyl sites for hydroxylation is 1. The number of carbonyl (C=O) groups excluding carboxylic acids is 3. The van der Waals surface area contributed by atoms with Crippen LogP contribution in [0.4, 0.5) is 0 Å². The summed E-state index contributed by atoms with van der Waals surface area (Å²) < 4.78 is 8.55. The summed E-state index contributed by atoms with van der Waals surface area (Å²) in [6, 6.07) is 23.9. The van der Waals surface area contributed by atoms with Crippen molar-refractivity contribution in [2.45, 2.75) is 58.6 Å². The molecule has 3 heterocycles. The van der Waals surface area contributed by atoms with Gasteiger partial charge in [-0.3, -0.25) is 24.6 Å². The molecule has 2 aliphatic rings. The first kappa shape index (κ1) is 28.4. The predicted octanol–water partition coefficient (Wildman–Crippen LogP) is 4.22. The molecule has 0 saturated carbocycles. The van der Waals surface area contributed by atoms with Crippen molar-refractivity contribution in [3.05, 3.63) is 107 Å². The molecule has 4 aromatic rings. The molecule has 43 heavy (non-hydrogen) atoms. The summed E-state index contributed by atoms with van der Waals surface area (Å²) in [7, 11) is 0. The topological polar surface area (TPSA) is 96.8 Å². The number of hydrogen-bond acceptors (Lipinski definition) is 6. The van der Waals surface area contributed by atoms with E-state index in [4.69, 9.17) is 9.72 Å². The molecule has 1 saturated heterocycles. The van der Waals surface area contributed by atoms with E-state index in [1.165, 1.54) is 21.7 Å². The minimum absolute atomic E-state index is 0.214. The maximum absolute atomic E-state index is 12.4. The van der Waals surface area contributed by atoms with Crippen LogP contribution in [0.5, 0.6) is 5.75 Å². The zero-order chi connectivity index (χ0) is 29.8. The quantitative estimate of drug-likeness (QED) is 0.224. The summed E-state index contributed by atoms with van der Waals surface area (Å²) in [5.41, 5.74) is 6.44. The lowest BCUT2D eigenvalue weighted by Crippen LogP contribution is -2.51. The van der Waals surface area contributed by atoms with Crippen LogP contribution >= 0.6 is 0 Å². The molecule has 6 rings (SSSR count). The van der Waals surface area contributed by atoms with Gasteiger partial charge in [0.1, 0.15) is 24.2 Å². The van der Waals surface area contributed by atoms with Gasteiger partial charge in [-0.25, -0.2) is 4.98 Å². The molecule has 2 aliphatic heterocycles. The van der Waals surface area contributed by atoms with Crippen molar-refractivity contribution in [2.24, 2.45) is 0 Å². The highest BCUT2D eigenvalue weighted by Gasteiger charge is 2.31. The lowest BCUT2D eigenvalue weighted by atomic mass is 10.0. The molecule has 1 fully saturated rings. The monoisotopic (exact) mass is 577 g/mol. The Kier molecular flexibility index (Phi) is 8.33. The molecule has 1 aromatic heterocycles. The van der Waals surface area contributed by atoms with E-state index >= 15 is 0 Å². The second-order valence-electron chi connectivity index (χ2n) is 11.2. The van der Waals surface area contributed by atoms with E-state index in [1.54, 1.807) is 0 Å². The van der Waals surface area contributed by atoms with Gasteiger partial charge in [0.2, 0.25) is 18.2 Å². The molecule has 9 nitrogen and oxygen atoms in total. The molecule has 1 N–H and O–H groups in total. The van der Waals surface area contributed by atoms with Crippen molar-refractivity contribution in [3.8, 4) is 17.0 Å². The molecule has 1 atom stereocenters. The second-order valence-corrected chi connectivity index (χ2v) is 11.2. The van der Waals surface area contributed by atoms with Gasteiger partial charge in [0.05, 0.1) is 25.0 Å². The number of hydrogen-bond donors (Lipinski definition) is 1. The largest absolute Gasteiger partial charge is 0.489 e. The molecule has 0 radical (unpaired) electrons. The first-order valence-corrected chi connectivity index (χ1v) is 14.6. The average molecular weight is 578 g/mol. The number of nitrogens with one attached hydrogen (secondary N) is 1. The van der Waals surface area contributed by atoms with Crippen LogP contribution in [-0.2, 0) is 47.2 Å². The Morgan fingerprint density at radius 2 is 1.79 bits per heavy atom. The van der Waals surface area contributed by atoms with Crippen LogP contribution in [0.1, 0.15) is 40.9 Å². The maximum atomic E-state index is 12.4. The maximum Gasteiger partial charge on any atom is 0.249 e. The molecule has 0 bridgehead atoms. The first-order valence-electron chi connectivity index (χ1n) is 14.6. The summed E-state index contributed by atoms with van der Waals surface area (Å²) in [4.78, 5) is 44.5. The molecule has 3 amide bonds. The van der Waals surface area contributed by atoms with Crippen molar-refractivity contribution in [1.29, 1.82) is 0 Å². The Hall–Kier alpha value is -4.76. The zero-order valence-electron chi connectivity index (χ0n) is 24.2. The number of aromatic nitrogens is 2. The van der Waals surface area contributed by atoms with Crippen LogP contribution in [0.3, 0.4) is 0 Å². The lowest BCUT2D eigenvalue weighted by Gasteiger charge is -2.30. The van der Waals surface area contributed by atoms with Crippen molar-refractivity contribution in [2.75, 3.05) is 6.54 Å². The average Bonchev–Trinajstić information content (AvgIpc) is 3.44. The summed E-state index contributed by atoms with van der Waals surface area (Å²) in [5.74, 6) is 1.02. The number of amides is 3. The molecule has 220 valence electrons. The third-order valence-electron chi connectivity index (χ3n) is 8.29. The molecular weight excluding hydrogens is 542 g/mol. The fourth-order valence-electron chi connectivity index (χ4n) is 5.86. The number of piperidine rings is 1. The normalized spacial score (nSPS) is 16.8. The molecule has 0 spiro atoms. The highest BCUT2D eigenvalue weighted by molar-refractivity contribution is 6.00. The van der Waals surface area contributed by atoms with Gasteiger partial charge < -0.3 is 14.2 Å².